The van der Waals surface area contributed by atoms with Gasteiger partial charge in [-0.1, -0.05) is 6.58 Å². The Morgan fingerprint density at radius 3 is 2.89 bits per heavy atom. The third kappa shape index (κ3) is 5.29. The Kier molecular flexibility index (Phi) is 7.08. The zero-order valence-corrected chi connectivity index (χ0v) is 19.8. The van der Waals surface area contributed by atoms with Gasteiger partial charge >= 0.3 is 0 Å². The number of likely N-dealkylation sites (tertiary alicyclic amines) is 1. The molecule has 2 fully saturated rings. The normalized spacial score (nSPS) is 19.3. The lowest BCUT2D eigenvalue weighted by atomic mass is 10.1. The van der Waals surface area contributed by atoms with E-state index in [1.807, 2.05) is 0 Å². The van der Waals surface area contributed by atoms with E-state index in [-0.39, 0.29) is 59.1 Å². The molecule has 0 spiro atoms. The van der Waals surface area contributed by atoms with Gasteiger partial charge in [0.05, 0.1) is 31.0 Å². The number of amides is 1. The lowest BCUT2D eigenvalue weighted by Gasteiger charge is -2.16. The molecule has 5 rings (SSSR count). The van der Waals surface area contributed by atoms with Crippen LogP contribution in [-0.4, -0.2) is 64.8 Å². The minimum Gasteiger partial charge on any atom is -0.490 e. The average Bonchev–Trinajstić information content (AvgIpc) is 3.59. The summed E-state index contributed by atoms with van der Waals surface area (Å²) in [6, 6.07) is 3.75. The number of halogens is 3. The first-order chi connectivity index (χ1) is 17.9. The number of nitrogens with zero attached hydrogens (tertiary/aromatic N) is 4. The van der Waals surface area contributed by atoms with Crippen molar-refractivity contribution in [2.24, 2.45) is 5.92 Å². The number of ether oxygens (including phenoxy) is 3. The molecule has 2 saturated heterocycles. The van der Waals surface area contributed by atoms with Gasteiger partial charge in [0.15, 0.2) is 23.2 Å². The summed E-state index contributed by atoms with van der Waals surface area (Å²) in [5, 5.41) is 2.70. The van der Waals surface area contributed by atoms with Crippen molar-refractivity contribution in [1.29, 1.82) is 0 Å². The Bertz CT molecular complexity index is 1340. The van der Waals surface area contributed by atoms with Crippen molar-refractivity contribution >= 4 is 28.4 Å². The van der Waals surface area contributed by atoms with Gasteiger partial charge in [-0.3, -0.25) is 4.79 Å². The van der Waals surface area contributed by atoms with Crippen LogP contribution in [0.15, 0.2) is 37.2 Å². The second kappa shape index (κ2) is 10.6. The maximum atomic E-state index is 14.9. The van der Waals surface area contributed by atoms with E-state index in [0.717, 1.165) is 18.8 Å². The van der Waals surface area contributed by atoms with E-state index >= 15 is 0 Å². The molecule has 12 heteroatoms. The lowest BCUT2D eigenvalue weighted by molar-refractivity contribution is -0.125. The van der Waals surface area contributed by atoms with Gasteiger partial charge in [-0.25, -0.2) is 23.7 Å². The number of carbonyl (C=O) groups is 1. The molecule has 0 radical (unpaired) electrons. The minimum absolute atomic E-state index is 0.0276. The maximum Gasteiger partial charge on any atom is 0.251 e. The number of benzene rings is 1. The van der Waals surface area contributed by atoms with Crippen LogP contribution in [-0.2, 0) is 9.53 Å². The van der Waals surface area contributed by atoms with Crippen LogP contribution in [0.4, 0.5) is 24.7 Å². The van der Waals surface area contributed by atoms with Gasteiger partial charge in [-0.15, -0.1) is 0 Å². The quantitative estimate of drug-likeness (QED) is 0.453. The molecule has 2 aliphatic heterocycles. The third-order valence-electron chi connectivity index (χ3n) is 6.24. The van der Waals surface area contributed by atoms with Crippen LogP contribution in [0.5, 0.6) is 11.6 Å². The second-order valence-electron chi connectivity index (χ2n) is 8.79. The van der Waals surface area contributed by atoms with E-state index in [0.29, 0.717) is 26.2 Å². The largest absolute Gasteiger partial charge is 0.490 e. The van der Waals surface area contributed by atoms with E-state index in [1.54, 1.807) is 4.90 Å². The average molecular weight is 515 g/mol. The number of carbonyl (C=O) groups excluding carboxylic acids is 1. The highest BCUT2D eigenvalue weighted by Gasteiger charge is 2.28. The molecule has 3 aromatic rings. The fourth-order valence-electron chi connectivity index (χ4n) is 4.22. The third-order valence-corrected chi connectivity index (χ3v) is 6.24. The summed E-state index contributed by atoms with van der Waals surface area (Å²) in [4.78, 5) is 25.6. The molecule has 0 unspecified atom stereocenters. The molecule has 4 heterocycles. The van der Waals surface area contributed by atoms with E-state index < -0.39 is 23.6 Å². The van der Waals surface area contributed by atoms with E-state index in [2.05, 4.69) is 26.8 Å². The molecule has 194 valence electrons. The van der Waals surface area contributed by atoms with Crippen LogP contribution in [0.25, 0.3) is 11.0 Å². The molecule has 9 nitrogen and oxygen atoms in total. The number of hydrogen-bond acceptors (Lipinski definition) is 8. The lowest BCUT2D eigenvalue weighted by Crippen LogP contribution is -2.29. The van der Waals surface area contributed by atoms with Gasteiger partial charge in [-0.05, 0) is 24.6 Å². The van der Waals surface area contributed by atoms with Gasteiger partial charge in [0, 0.05) is 31.6 Å². The number of anilines is 2. The molecule has 1 aromatic carbocycles. The highest BCUT2D eigenvalue weighted by molar-refractivity contribution is 5.88. The molecule has 2 atom stereocenters. The van der Waals surface area contributed by atoms with Gasteiger partial charge in [0.1, 0.15) is 17.9 Å². The number of rotatable bonds is 8. The van der Waals surface area contributed by atoms with Crippen LogP contribution in [0.1, 0.15) is 12.8 Å². The summed E-state index contributed by atoms with van der Waals surface area (Å²) in [7, 11) is 0. The summed E-state index contributed by atoms with van der Waals surface area (Å²) >= 11 is 0. The number of hydrogen-bond donors (Lipinski definition) is 1. The number of fused-ring (bicyclic) bond motifs is 1. The maximum absolute atomic E-state index is 14.9. The van der Waals surface area contributed by atoms with E-state index in [1.165, 1.54) is 18.2 Å². The first-order valence-corrected chi connectivity index (χ1v) is 11.8. The van der Waals surface area contributed by atoms with Crippen molar-refractivity contribution < 1.29 is 32.2 Å². The SMILES string of the molecule is C=CC(=O)N1CC[C@H](Oc2nc3c(Nc4ccc(OC[C@@H]5CCOC5)c(F)c4F)ncnc3cc2F)C1. The minimum atomic E-state index is -1.16. The molecule has 1 N–H and O–H groups in total. The Morgan fingerprint density at radius 2 is 2.11 bits per heavy atom. The molecule has 0 bridgehead atoms. The van der Waals surface area contributed by atoms with Crippen LogP contribution in [0.2, 0.25) is 0 Å². The van der Waals surface area contributed by atoms with Gasteiger partial charge in [0.25, 0.3) is 5.88 Å². The molecule has 37 heavy (non-hydrogen) atoms. The van der Waals surface area contributed by atoms with Crippen LogP contribution in [0, 0.1) is 23.4 Å². The van der Waals surface area contributed by atoms with Gasteiger partial charge in [-0.2, -0.15) is 4.39 Å². The zero-order chi connectivity index (χ0) is 25.9. The first-order valence-electron chi connectivity index (χ1n) is 11.8. The molecule has 1 amide bonds. The predicted molar refractivity (Wildman–Crippen MR) is 127 cm³/mol. The zero-order valence-electron chi connectivity index (χ0n) is 19.8. The van der Waals surface area contributed by atoms with Gasteiger partial charge in [0.2, 0.25) is 11.7 Å². The predicted octanol–water partition coefficient (Wildman–Crippen LogP) is 3.77. The standard InChI is InChI=1S/C25H24F3N5O4/c1-2-20(34)33-7-5-15(10-33)37-25-16(26)9-18-23(32-25)24(30-13-29-18)31-17-3-4-19(22(28)21(17)27)36-12-14-6-8-35-11-14/h2-4,9,13-15H,1,5-8,10-12H2,(H,29,30,31)/t14-,15+/m1/s1. The van der Waals surface area contributed by atoms with Crippen molar-refractivity contribution in [1.82, 2.24) is 19.9 Å². The number of aromatic nitrogens is 3. The Hall–Kier alpha value is -3.93. The summed E-state index contributed by atoms with van der Waals surface area (Å²) in [6.07, 6.45) is 3.17. The first kappa shape index (κ1) is 24.8. The van der Waals surface area contributed by atoms with Crippen molar-refractivity contribution in [3.63, 3.8) is 0 Å². The Labute approximate surface area is 210 Å². The summed E-state index contributed by atoms with van der Waals surface area (Å²) in [5.74, 6) is -3.67. The number of nitrogens with one attached hydrogen (secondary N) is 1. The van der Waals surface area contributed by atoms with Crippen LogP contribution in [0.3, 0.4) is 0 Å². The van der Waals surface area contributed by atoms with Gasteiger partial charge < -0.3 is 24.4 Å². The van der Waals surface area contributed by atoms with E-state index in [9.17, 15) is 18.0 Å². The number of pyridine rings is 1. The topological polar surface area (TPSA) is 98.7 Å². The fraction of sp³-hybridized carbons (Fsp3) is 0.360. The fourth-order valence-corrected chi connectivity index (χ4v) is 4.22. The van der Waals surface area contributed by atoms with Crippen molar-refractivity contribution in [3.05, 3.63) is 54.6 Å². The molecule has 0 aliphatic carbocycles. The Morgan fingerprint density at radius 1 is 1.24 bits per heavy atom. The monoisotopic (exact) mass is 515 g/mol. The van der Waals surface area contributed by atoms with Crippen LogP contribution < -0.4 is 14.8 Å². The smallest absolute Gasteiger partial charge is 0.251 e. The van der Waals surface area contributed by atoms with Crippen molar-refractivity contribution in [2.75, 3.05) is 38.2 Å². The summed E-state index contributed by atoms with van der Waals surface area (Å²) in [6.45, 7) is 5.53. The van der Waals surface area contributed by atoms with Crippen LogP contribution >= 0.6 is 0 Å². The Balaban J connectivity index is 1.35. The molecule has 2 aromatic heterocycles. The second-order valence-corrected chi connectivity index (χ2v) is 8.79. The highest BCUT2D eigenvalue weighted by Crippen LogP contribution is 2.31. The summed E-state index contributed by atoms with van der Waals surface area (Å²) in [5.41, 5.74) is 0.0196. The molecule has 2 aliphatic rings. The summed E-state index contributed by atoms with van der Waals surface area (Å²) < 4.78 is 60.7. The molecular weight excluding hydrogens is 491 g/mol. The van der Waals surface area contributed by atoms with Crippen molar-refractivity contribution in [2.45, 2.75) is 18.9 Å². The molecule has 0 saturated carbocycles. The van der Waals surface area contributed by atoms with E-state index in [4.69, 9.17) is 14.2 Å². The molecular formula is C25H24F3N5O4. The highest BCUT2D eigenvalue weighted by atomic mass is 19.2. The van der Waals surface area contributed by atoms with Crippen molar-refractivity contribution in [3.8, 4) is 11.6 Å².